The van der Waals surface area contributed by atoms with Crippen molar-refractivity contribution in [3.8, 4) is 22.6 Å². The van der Waals surface area contributed by atoms with Crippen LogP contribution in [0.5, 0.6) is 0 Å². The Morgan fingerprint density at radius 3 is 2.68 bits per heavy atom. The zero-order chi connectivity index (χ0) is 16.8. The minimum Gasteiger partial charge on any atom is -0.353 e. The van der Waals surface area contributed by atoms with E-state index in [0.29, 0.717) is 0 Å². The van der Waals surface area contributed by atoms with Crippen molar-refractivity contribution in [2.24, 2.45) is 0 Å². The molecule has 5 rings (SSSR count). The highest BCUT2D eigenvalue weighted by molar-refractivity contribution is 5.96. The predicted molar refractivity (Wildman–Crippen MR) is 96.9 cm³/mol. The lowest BCUT2D eigenvalue weighted by Gasteiger charge is -2.04. The Balaban J connectivity index is 1.71. The molecule has 2 N–H and O–H groups in total. The number of hydrogen-bond donors (Lipinski definition) is 2. The van der Waals surface area contributed by atoms with E-state index in [2.05, 4.69) is 49.2 Å². The predicted octanol–water partition coefficient (Wildman–Crippen LogP) is 3.87. The summed E-state index contributed by atoms with van der Waals surface area (Å²) >= 11 is 0. The molecule has 120 valence electrons. The van der Waals surface area contributed by atoms with Gasteiger partial charge in [-0.2, -0.15) is 5.10 Å². The van der Waals surface area contributed by atoms with Crippen molar-refractivity contribution < 1.29 is 0 Å². The fourth-order valence-corrected chi connectivity index (χ4v) is 3.10. The number of fused-ring (bicyclic) bond motifs is 2. The van der Waals surface area contributed by atoms with Crippen molar-refractivity contribution in [1.82, 2.24) is 30.1 Å². The van der Waals surface area contributed by atoms with Gasteiger partial charge in [-0.1, -0.05) is 0 Å². The second-order valence-electron chi connectivity index (χ2n) is 6.02. The molecule has 5 heterocycles. The Labute approximate surface area is 143 Å². The molecule has 0 aliphatic heterocycles. The zero-order valence-corrected chi connectivity index (χ0v) is 13.5. The zero-order valence-electron chi connectivity index (χ0n) is 13.5. The first-order valence-corrected chi connectivity index (χ1v) is 7.98. The van der Waals surface area contributed by atoms with E-state index in [-0.39, 0.29) is 0 Å². The molecule has 6 heteroatoms. The lowest BCUT2D eigenvalue weighted by Crippen LogP contribution is -1.88. The van der Waals surface area contributed by atoms with E-state index in [1.54, 1.807) is 12.4 Å². The van der Waals surface area contributed by atoms with Crippen molar-refractivity contribution in [3.05, 3.63) is 60.8 Å². The molecule has 0 radical (unpaired) electrons. The van der Waals surface area contributed by atoms with Crippen molar-refractivity contribution in [3.63, 3.8) is 0 Å². The van der Waals surface area contributed by atoms with Crippen LogP contribution in [-0.2, 0) is 0 Å². The second kappa shape index (κ2) is 5.24. The number of nitrogens with zero attached hydrogens (tertiary/aromatic N) is 4. The molecule has 0 saturated carbocycles. The maximum Gasteiger partial charge on any atom is 0.116 e. The Bertz CT molecular complexity index is 1180. The molecule has 0 spiro atoms. The smallest absolute Gasteiger partial charge is 0.116 e. The SMILES string of the molecule is Cc1ccncc1-c1cc2c(-c3cc4cnccc4[nH]3)n[nH]c2cn1. The Morgan fingerprint density at radius 2 is 1.80 bits per heavy atom. The van der Waals surface area contributed by atoms with Crippen LogP contribution in [0.25, 0.3) is 44.5 Å². The van der Waals surface area contributed by atoms with Gasteiger partial charge in [-0.3, -0.25) is 20.1 Å². The summed E-state index contributed by atoms with van der Waals surface area (Å²) in [7, 11) is 0. The lowest BCUT2D eigenvalue weighted by molar-refractivity contribution is 1.11. The number of rotatable bonds is 2. The summed E-state index contributed by atoms with van der Waals surface area (Å²) in [5, 5.41) is 9.63. The minimum absolute atomic E-state index is 0.872. The number of pyridine rings is 3. The van der Waals surface area contributed by atoms with Crippen LogP contribution in [0.15, 0.2) is 55.2 Å². The summed E-state index contributed by atoms with van der Waals surface area (Å²) in [5.74, 6) is 0. The second-order valence-corrected chi connectivity index (χ2v) is 6.02. The highest BCUT2D eigenvalue weighted by Crippen LogP contribution is 2.30. The number of H-pyrrole nitrogens is 2. The third kappa shape index (κ3) is 2.19. The normalized spacial score (nSPS) is 11.4. The van der Waals surface area contributed by atoms with Crippen LogP contribution in [0, 0.1) is 6.92 Å². The monoisotopic (exact) mass is 326 g/mol. The Kier molecular flexibility index (Phi) is 2.90. The molecule has 0 aromatic carbocycles. The third-order valence-electron chi connectivity index (χ3n) is 4.44. The van der Waals surface area contributed by atoms with Crippen LogP contribution in [0.3, 0.4) is 0 Å². The highest BCUT2D eigenvalue weighted by atomic mass is 15.1. The van der Waals surface area contributed by atoms with Gasteiger partial charge in [0.1, 0.15) is 5.69 Å². The van der Waals surface area contributed by atoms with Crippen LogP contribution in [0.4, 0.5) is 0 Å². The fourth-order valence-electron chi connectivity index (χ4n) is 3.10. The summed E-state index contributed by atoms with van der Waals surface area (Å²) in [6, 6.07) is 8.07. The first-order chi connectivity index (χ1) is 12.3. The molecule has 0 bridgehead atoms. The van der Waals surface area contributed by atoms with Gasteiger partial charge < -0.3 is 4.98 Å². The van der Waals surface area contributed by atoms with E-state index in [1.807, 2.05) is 30.7 Å². The van der Waals surface area contributed by atoms with Gasteiger partial charge in [0.15, 0.2) is 0 Å². The van der Waals surface area contributed by atoms with E-state index in [9.17, 15) is 0 Å². The van der Waals surface area contributed by atoms with Gasteiger partial charge in [0.25, 0.3) is 0 Å². The molecule has 0 unspecified atom stereocenters. The quantitative estimate of drug-likeness (QED) is 0.516. The van der Waals surface area contributed by atoms with Crippen LogP contribution < -0.4 is 0 Å². The Hall–Kier alpha value is -3.54. The van der Waals surface area contributed by atoms with E-state index in [1.165, 1.54) is 0 Å². The average molecular weight is 326 g/mol. The van der Waals surface area contributed by atoms with E-state index in [4.69, 9.17) is 0 Å². The van der Waals surface area contributed by atoms with E-state index in [0.717, 1.165) is 50.0 Å². The van der Waals surface area contributed by atoms with Gasteiger partial charge in [0.05, 0.1) is 23.1 Å². The van der Waals surface area contributed by atoms with Crippen LogP contribution in [0.1, 0.15) is 5.56 Å². The number of nitrogens with one attached hydrogen (secondary N) is 2. The standard InChI is InChI=1S/C19H14N6/c1-11-2-4-21-9-14(11)16-7-13-18(10-22-16)24-25-19(13)17-6-12-8-20-5-3-15(12)23-17/h2-10,23H,1H3,(H,24,25). The molecule has 0 saturated heterocycles. The van der Waals surface area contributed by atoms with Gasteiger partial charge >= 0.3 is 0 Å². The summed E-state index contributed by atoms with van der Waals surface area (Å²) in [5.41, 5.74) is 6.82. The van der Waals surface area contributed by atoms with Gasteiger partial charge in [0.2, 0.25) is 0 Å². The topological polar surface area (TPSA) is 83.1 Å². The third-order valence-corrected chi connectivity index (χ3v) is 4.44. The molecule has 25 heavy (non-hydrogen) atoms. The molecule has 0 atom stereocenters. The first-order valence-electron chi connectivity index (χ1n) is 7.98. The van der Waals surface area contributed by atoms with Crippen molar-refractivity contribution in [2.75, 3.05) is 0 Å². The van der Waals surface area contributed by atoms with Crippen LogP contribution in [0.2, 0.25) is 0 Å². The van der Waals surface area contributed by atoms with E-state index < -0.39 is 0 Å². The van der Waals surface area contributed by atoms with Gasteiger partial charge in [0, 0.05) is 46.6 Å². The number of aryl methyl sites for hydroxylation is 1. The number of aromatic amines is 2. The van der Waals surface area contributed by atoms with Crippen molar-refractivity contribution >= 4 is 21.8 Å². The van der Waals surface area contributed by atoms with Crippen molar-refractivity contribution in [1.29, 1.82) is 0 Å². The minimum atomic E-state index is 0.872. The number of aromatic nitrogens is 6. The fraction of sp³-hybridized carbons (Fsp3) is 0.0526. The molecular weight excluding hydrogens is 312 g/mol. The largest absolute Gasteiger partial charge is 0.353 e. The van der Waals surface area contributed by atoms with Crippen LogP contribution >= 0.6 is 0 Å². The average Bonchev–Trinajstić information content (AvgIpc) is 3.25. The molecule has 0 amide bonds. The van der Waals surface area contributed by atoms with Crippen molar-refractivity contribution in [2.45, 2.75) is 6.92 Å². The molecule has 5 aromatic rings. The molecule has 0 fully saturated rings. The molecule has 5 aromatic heterocycles. The van der Waals surface area contributed by atoms with Gasteiger partial charge in [-0.05, 0) is 36.8 Å². The van der Waals surface area contributed by atoms with Gasteiger partial charge in [-0.25, -0.2) is 0 Å². The molecule has 6 nitrogen and oxygen atoms in total. The summed E-state index contributed by atoms with van der Waals surface area (Å²) in [4.78, 5) is 16.4. The molecular formula is C19H14N6. The summed E-state index contributed by atoms with van der Waals surface area (Å²) < 4.78 is 0. The highest BCUT2D eigenvalue weighted by Gasteiger charge is 2.13. The van der Waals surface area contributed by atoms with Gasteiger partial charge in [-0.15, -0.1) is 0 Å². The summed E-state index contributed by atoms with van der Waals surface area (Å²) in [6.45, 7) is 2.06. The molecule has 0 aliphatic rings. The Morgan fingerprint density at radius 1 is 0.920 bits per heavy atom. The summed E-state index contributed by atoms with van der Waals surface area (Å²) in [6.07, 6.45) is 9.07. The maximum absolute atomic E-state index is 4.56. The van der Waals surface area contributed by atoms with E-state index >= 15 is 0 Å². The lowest BCUT2D eigenvalue weighted by atomic mass is 10.1. The maximum atomic E-state index is 4.56. The molecule has 0 aliphatic carbocycles. The first kappa shape index (κ1) is 13.9. The number of hydrogen-bond acceptors (Lipinski definition) is 4. The van der Waals surface area contributed by atoms with Crippen LogP contribution in [-0.4, -0.2) is 30.1 Å².